The first-order chi connectivity index (χ1) is 17.1. The number of nitrogens with zero attached hydrogens (tertiary/aromatic N) is 5. The van der Waals surface area contributed by atoms with E-state index in [-0.39, 0.29) is 11.8 Å². The zero-order chi connectivity index (χ0) is 25.0. The number of anilines is 2. The number of hydrogen-bond donors (Lipinski definition) is 3. The van der Waals surface area contributed by atoms with Crippen LogP contribution in [0.25, 0.3) is 5.82 Å². The predicted molar refractivity (Wildman–Crippen MR) is 137 cm³/mol. The van der Waals surface area contributed by atoms with E-state index >= 15 is 0 Å². The topological polar surface area (TPSA) is 113 Å². The van der Waals surface area contributed by atoms with Gasteiger partial charge in [0.15, 0.2) is 11.6 Å². The monoisotopic (exact) mass is 474 g/mol. The maximum atomic E-state index is 11.7. The molecular weight excluding hydrogens is 440 g/mol. The fourth-order valence-corrected chi connectivity index (χ4v) is 3.28. The molecule has 9 nitrogen and oxygen atoms in total. The Morgan fingerprint density at radius 3 is 2.49 bits per heavy atom. The van der Waals surface area contributed by atoms with Crippen molar-refractivity contribution in [1.29, 1.82) is 0 Å². The lowest BCUT2D eigenvalue weighted by Crippen LogP contribution is -2.33. The van der Waals surface area contributed by atoms with Gasteiger partial charge in [0.05, 0.1) is 0 Å². The molecule has 35 heavy (non-hydrogen) atoms. The molecule has 4 heterocycles. The third kappa shape index (κ3) is 7.77. The van der Waals surface area contributed by atoms with Crippen LogP contribution in [0.4, 0.5) is 11.6 Å². The van der Waals surface area contributed by atoms with Crippen molar-refractivity contribution in [3.05, 3.63) is 78.0 Å². The standard InChI is InChI=1S/C14H16N4O.C10H12N4.C2H6/c19-14(12-3-1-4-12)16-10-11-5-6-13(15-9-11)18-8-2-7-17-18;1-7-3-4-11-9(5-7)12-10-6-8(2)13-14-10;1-2/h2,5-9,12H,1,3-4,10H2,(H,16,19);3-6H,1-2H3,(H2,11,12,13,14);1-2H3. The summed E-state index contributed by atoms with van der Waals surface area (Å²) in [7, 11) is 0. The highest BCUT2D eigenvalue weighted by atomic mass is 16.1. The second-order valence-corrected chi connectivity index (χ2v) is 8.10. The average Bonchev–Trinajstić information content (AvgIpc) is 3.51. The van der Waals surface area contributed by atoms with Gasteiger partial charge in [-0.2, -0.15) is 10.2 Å². The van der Waals surface area contributed by atoms with Crippen molar-refractivity contribution >= 4 is 17.5 Å². The fraction of sp³-hybridized carbons (Fsp3) is 0.346. The van der Waals surface area contributed by atoms with E-state index in [1.165, 1.54) is 12.0 Å². The summed E-state index contributed by atoms with van der Waals surface area (Å²) in [6.45, 7) is 8.53. The molecule has 0 spiro atoms. The summed E-state index contributed by atoms with van der Waals surface area (Å²) in [6.07, 6.45) is 10.4. The summed E-state index contributed by atoms with van der Waals surface area (Å²) in [4.78, 5) is 20.2. The van der Waals surface area contributed by atoms with Crippen molar-refractivity contribution in [3.63, 3.8) is 0 Å². The number of carbonyl (C=O) groups excluding carboxylic acids is 1. The summed E-state index contributed by atoms with van der Waals surface area (Å²) < 4.78 is 1.71. The largest absolute Gasteiger partial charge is 0.352 e. The Labute approximate surface area is 206 Å². The van der Waals surface area contributed by atoms with Crippen LogP contribution in [-0.4, -0.2) is 35.9 Å². The van der Waals surface area contributed by atoms with Crippen LogP contribution in [0.1, 0.15) is 49.9 Å². The van der Waals surface area contributed by atoms with Crippen LogP contribution in [-0.2, 0) is 11.3 Å². The number of carbonyl (C=O) groups is 1. The Kier molecular flexibility index (Phi) is 9.53. The summed E-state index contributed by atoms with van der Waals surface area (Å²) in [5.41, 5.74) is 3.21. The lowest BCUT2D eigenvalue weighted by atomic mass is 9.85. The molecule has 4 aromatic heterocycles. The second kappa shape index (κ2) is 13.0. The van der Waals surface area contributed by atoms with Crippen molar-refractivity contribution in [1.82, 2.24) is 35.3 Å². The van der Waals surface area contributed by atoms with Gasteiger partial charge in [-0.1, -0.05) is 26.3 Å². The SMILES string of the molecule is CC.Cc1ccnc(Nc2cc(C)[nH]n2)c1.O=C(NCc1ccc(-n2cccn2)nc1)C1CCC1. The minimum absolute atomic E-state index is 0.169. The van der Waals surface area contributed by atoms with E-state index in [2.05, 4.69) is 35.9 Å². The van der Waals surface area contributed by atoms with E-state index in [1.54, 1.807) is 23.3 Å². The Morgan fingerprint density at radius 1 is 1.09 bits per heavy atom. The first kappa shape index (κ1) is 25.6. The molecule has 0 unspecified atom stereocenters. The first-order valence-corrected chi connectivity index (χ1v) is 12.0. The number of H-pyrrole nitrogens is 1. The minimum Gasteiger partial charge on any atom is -0.352 e. The molecule has 1 aliphatic carbocycles. The van der Waals surface area contributed by atoms with Crippen LogP contribution in [0.5, 0.6) is 0 Å². The summed E-state index contributed by atoms with van der Waals surface area (Å²) in [5, 5.41) is 17.1. The van der Waals surface area contributed by atoms with Crippen LogP contribution >= 0.6 is 0 Å². The maximum absolute atomic E-state index is 11.7. The highest BCUT2D eigenvalue weighted by molar-refractivity contribution is 5.79. The lowest BCUT2D eigenvalue weighted by Gasteiger charge is -2.23. The zero-order valence-electron chi connectivity index (χ0n) is 20.8. The van der Waals surface area contributed by atoms with Gasteiger partial charge in [-0.15, -0.1) is 0 Å². The van der Waals surface area contributed by atoms with E-state index in [0.717, 1.165) is 41.6 Å². The molecule has 1 aliphatic rings. The van der Waals surface area contributed by atoms with Crippen molar-refractivity contribution in [2.45, 2.75) is 53.5 Å². The van der Waals surface area contributed by atoms with E-state index in [4.69, 9.17) is 0 Å². The number of rotatable bonds is 6. The van der Waals surface area contributed by atoms with Gasteiger partial charge in [-0.3, -0.25) is 9.89 Å². The van der Waals surface area contributed by atoms with Gasteiger partial charge in [-0.05, 0) is 62.1 Å². The van der Waals surface area contributed by atoms with E-state index in [1.807, 2.05) is 70.3 Å². The molecule has 0 aromatic carbocycles. The van der Waals surface area contributed by atoms with Gasteiger partial charge in [0, 0.05) is 49.0 Å². The highest BCUT2D eigenvalue weighted by Gasteiger charge is 2.24. The van der Waals surface area contributed by atoms with Crippen molar-refractivity contribution in [2.75, 3.05) is 5.32 Å². The summed E-state index contributed by atoms with van der Waals surface area (Å²) >= 11 is 0. The summed E-state index contributed by atoms with van der Waals surface area (Å²) in [6, 6.07) is 11.6. The highest BCUT2D eigenvalue weighted by Crippen LogP contribution is 2.26. The van der Waals surface area contributed by atoms with Gasteiger partial charge < -0.3 is 10.6 Å². The van der Waals surface area contributed by atoms with Crippen LogP contribution in [0.15, 0.2) is 61.2 Å². The number of hydrogen-bond acceptors (Lipinski definition) is 6. The van der Waals surface area contributed by atoms with Crippen LogP contribution < -0.4 is 10.6 Å². The normalized spacial score (nSPS) is 12.3. The number of nitrogens with one attached hydrogen (secondary N) is 3. The maximum Gasteiger partial charge on any atom is 0.223 e. The molecular formula is C26H34N8O. The number of aromatic nitrogens is 6. The molecule has 0 aliphatic heterocycles. The van der Waals surface area contributed by atoms with Gasteiger partial charge >= 0.3 is 0 Å². The number of aryl methyl sites for hydroxylation is 2. The van der Waals surface area contributed by atoms with Crippen LogP contribution in [0, 0.1) is 19.8 Å². The first-order valence-electron chi connectivity index (χ1n) is 12.0. The van der Waals surface area contributed by atoms with E-state index in [9.17, 15) is 4.79 Å². The van der Waals surface area contributed by atoms with Gasteiger partial charge in [0.2, 0.25) is 5.91 Å². The quantitative estimate of drug-likeness (QED) is 0.367. The molecule has 1 saturated carbocycles. The average molecular weight is 475 g/mol. The zero-order valence-corrected chi connectivity index (χ0v) is 20.8. The molecule has 184 valence electrons. The number of aromatic amines is 1. The molecule has 5 rings (SSSR count). The van der Waals surface area contributed by atoms with Crippen LogP contribution in [0.3, 0.4) is 0 Å². The third-order valence-electron chi connectivity index (χ3n) is 5.37. The fourth-order valence-electron chi connectivity index (χ4n) is 3.28. The Hall–Kier alpha value is -4.01. The van der Waals surface area contributed by atoms with Gasteiger partial charge in [0.25, 0.3) is 0 Å². The lowest BCUT2D eigenvalue weighted by molar-refractivity contribution is -0.127. The second-order valence-electron chi connectivity index (χ2n) is 8.10. The third-order valence-corrected chi connectivity index (χ3v) is 5.37. The van der Waals surface area contributed by atoms with Gasteiger partial charge in [-0.25, -0.2) is 14.6 Å². The summed E-state index contributed by atoms with van der Waals surface area (Å²) in [5.74, 6) is 2.79. The molecule has 0 saturated heterocycles. The molecule has 3 N–H and O–H groups in total. The van der Waals surface area contributed by atoms with Crippen molar-refractivity contribution in [3.8, 4) is 5.82 Å². The molecule has 1 amide bonds. The predicted octanol–water partition coefficient (Wildman–Crippen LogP) is 4.87. The molecule has 4 aromatic rings. The Morgan fingerprint density at radius 2 is 1.91 bits per heavy atom. The smallest absolute Gasteiger partial charge is 0.223 e. The van der Waals surface area contributed by atoms with Crippen LogP contribution in [0.2, 0.25) is 0 Å². The molecule has 1 fully saturated rings. The minimum atomic E-state index is 0.169. The number of pyridine rings is 2. The van der Waals surface area contributed by atoms with Gasteiger partial charge in [0.1, 0.15) is 5.82 Å². The van der Waals surface area contributed by atoms with Crippen molar-refractivity contribution in [2.24, 2.45) is 5.92 Å². The van der Waals surface area contributed by atoms with E-state index in [0.29, 0.717) is 6.54 Å². The number of amides is 1. The molecule has 0 bridgehead atoms. The molecule has 9 heteroatoms. The molecule has 0 atom stereocenters. The molecule has 0 radical (unpaired) electrons. The van der Waals surface area contributed by atoms with E-state index < -0.39 is 0 Å². The Bertz CT molecular complexity index is 1160. The Balaban J connectivity index is 0.000000190. The van der Waals surface area contributed by atoms with Crippen molar-refractivity contribution < 1.29 is 4.79 Å².